The van der Waals surface area contributed by atoms with E-state index in [1.165, 1.54) is 0 Å². The van der Waals surface area contributed by atoms with Crippen molar-refractivity contribution in [2.45, 2.75) is 6.54 Å². The van der Waals surface area contributed by atoms with E-state index < -0.39 is 0 Å². The quantitative estimate of drug-likeness (QED) is 0.625. The van der Waals surface area contributed by atoms with Gasteiger partial charge in [-0.1, -0.05) is 24.3 Å². The van der Waals surface area contributed by atoms with Crippen LogP contribution in [0.4, 0.5) is 0 Å². The Hall–Kier alpha value is -3.47. The van der Waals surface area contributed by atoms with Crippen LogP contribution in [0.5, 0.6) is 0 Å². The number of rotatable bonds is 4. The number of aromatic nitrogens is 3. The van der Waals surface area contributed by atoms with Gasteiger partial charge in [0.15, 0.2) is 0 Å². The molecule has 122 valence electrons. The van der Waals surface area contributed by atoms with Crippen LogP contribution in [0.25, 0.3) is 16.7 Å². The predicted molar refractivity (Wildman–Crippen MR) is 96.5 cm³/mol. The molecule has 2 aromatic heterocycles. The molecule has 0 aliphatic heterocycles. The lowest BCUT2D eigenvalue weighted by atomic mass is 10.1. The largest absolute Gasteiger partial charge is 0.348 e. The SMILES string of the molecule is O=C(NCc1cccnc1)c1ccc2c(c1)ncn2-c1ccccc1. The predicted octanol–water partition coefficient (Wildman–Crippen LogP) is 3.35. The average molecular weight is 328 g/mol. The molecule has 0 unspecified atom stereocenters. The number of amides is 1. The van der Waals surface area contributed by atoms with E-state index >= 15 is 0 Å². The number of nitrogens with zero attached hydrogens (tertiary/aromatic N) is 3. The lowest BCUT2D eigenvalue weighted by molar-refractivity contribution is 0.0951. The molecule has 0 spiro atoms. The number of carbonyl (C=O) groups excluding carboxylic acids is 1. The van der Waals surface area contributed by atoms with E-state index in [-0.39, 0.29) is 5.91 Å². The Kier molecular flexibility index (Phi) is 3.96. The second-order valence-electron chi connectivity index (χ2n) is 5.70. The summed E-state index contributed by atoms with van der Waals surface area (Å²) in [6, 6.07) is 19.3. The van der Waals surface area contributed by atoms with Gasteiger partial charge in [0.05, 0.1) is 11.0 Å². The van der Waals surface area contributed by atoms with Crippen LogP contribution in [-0.2, 0) is 6.54 Å². The van der Waals surface area contributed by atoms with Crippen molar-refractivity contribution >= 4 is 16.9 Å². The van der Waals surface area contributed by atoms with Crippen molar-refractivity contribution in [2.24, 2.45) is 0 Å². The molecule has 4 rings (SSSR count). The van der Waals surface area contributed by atoms with Gasteiger partial charge in [0.1, 0.15) is 6.33 Å². The molecular weight excluding hydrogens is 312 g/mol. The number of para-hydroxylation sites is 1. The first-order valence-electron chi connectivity index (χ1n) is 8.01. The summed E-state index contributed by atoms with van der Waals surface area (Å²) in [4.78, 5) is 20.8. The Morgan fingerprint density at radius 1 is 1.04 bits per heavy atom. The number of fused-ring (bicyclic) bond motifs is 1. The highest BCUT2D eigenvalue weighted by molar-refractivity contribution is 5.97. The molecule has 0 radical (unpaired) electrons. The van der Waals surface area contributed by atoms with Crippen molar-refractivity contribution in [1.82, 2.24) is 19.9 Å². The number of imidazole rings is 1. The molecule has 0 fully saturated rings. The van der Waals surface area contributed by atoms with Crippen molar-refractivity contribution in [1.29, 1.82) is 0 Å². The number of hydrogen-bond acceptors (Lipinski definition) is 3. The van der Waals surface area contributed by atoms with Crippen molar-refractivity contribution < 1.29 is 4.79 Å². The lowest BCUT2D eigenvalue weighted by Gasteiger charge is -2.06. The second kappa shape index (κ2) is 6.57. The van der Waals surface area contributed by atoms with Crippen LogP contribution in [-0.4, -0.2) is 20.4 Å². The fourth-order valence-corrected chi connectivity index (χ4v) is 2.74. The highest BCUT2D eigenvalue weighted by Gasteiger charge is 2.10. The second-order valence-corrected chi connectivity index (χ2v) is 5.70. The maximum atomic E-state index is 12.4. The Balaban J connectivity index is 1.56. The van der Waals surface area contributed by atoms with Gasteiger partial charge in [-0.25, -0.2) is 4.98 Å². The molecule has 0 aliphatic rings. The lowest BCUT2D eigenvalue weighted by Crippen LogP contribution is -2.22. The molecule has 5 heteroatoms. The maximum absolute atomic E-state index is 12.4. The van der Waals surface area contributed by atoms with Gasteiger partial charge in [0, 0.05) is 30.2 Å². The first kappa shape index (κ1) is 15.1. The summed E-state index contributed by atoms with van der Waals surface area (Å²) in [5.74, 6) is -0.125. The molecule has 2 heterocycles. The number of pyridine rings is 1. The van der Waals surface area contributed by atoms with Gasteiger partial charge >= 0.3 is 0 Å². The van der Waals surface area contributed by atoms with E-state index in [1.807, 2.05) is 65.2 Å². The maximum Gasteiger partial charge on any atom is 0.251 e. The van der Waals surface area contributed by atoms with Gasteiger partial charge in [0.2, 0.25) is 0 Å². The zero-order valence-electron chi connectivity index (χ0n) is 13.5. The van der Waals surface area contributed by atoms with Gasteiger partial charge in [-0.3, -0.25) is 14.3 Å². The van der Waals surface area contributed by atoms with Crippen molar-refractivity contribution in [3.8, 4) is 5.69 Å². The van der Waals surface area contributed by atoms with E-state index in [0.717, 1.165) is 22.3 Å². The highest BCUT2D eigenvalue weighted by atomic mass is 16.1. The van der Waals surface area contributed by atoms with E-state index in [1.54, 1.807) is 18.7 Å². The van der Waals surface area contributed by atoms with Crippen LogP contribution in [0.15, 0.2) is 79.4 Å². The van der Waals surface area contributed by atoms with Crippen LogP contribution in [0.3, 0.4) is 0 Å². The Morgan fingerprint density at radius 3 is 2.72 bits per heavy atom. The number of carbonyl (C=O) groups is 1. The summed E-state index contributed by atoms with van der Waals surface area (Å²) in [5.41, 5.74) is 4.35. The Labute approximate surface area is 145 Å². The number of benzene rings is 2. The summed E-state index contributed by atoms with van der Waals surface area (Å²) >= 11 is 0. The summed E-state index contributed by atoms with van der Waals surface area (Å²) in [6.45, 7) is 0.448. The molecule has 0 bridgehead atoms. The minimum atomic E-state index is -0.125. The zero-order valence-corrected chi connectivity index (χ0v) is 13.5. The summed E-state index contributed by atoms with van der Waals surface area (Å²) in [7, 11) is 0. The normalized spacial score (nSPS) is 10.7. The van der Waals surface area contributed by atoms with Crippen LogP contribution >= 0.6 is 0 Å². The Bertz CT molecular complexity index is 1010. The van der Waals surface area contributed by atoms with Crippen molar-refractivity contribution in [2.75, 3.05) is 0 Å². The van der Waals surface area contributed by atoms with E-state index in [2.05, 4.69) is 15.3 Å². The standard InChI is InChI=1S/C20H16N4O/c25-20(22-13-15-5-4-10-21-12-15)16-8-9-19-18(11-16)23-14-24(19)17-6-2-1-3-7-17/h1-12,14H,13H2,(H,22,25). The van der Waals surface area contributed by atoms with Crippen molar-refractivity contribution in [3.05, 3.63) is 90.5 Å². The van der Waals surface area contributed by atoms with Gasteiger partial charge in [-0.05, 0) is 42.0 Å². The van der Waals surface area contributed by atoms with Crippen LogP contribution < -0.4 is 5.32 Å². The molecule has 5 nitrogen and oxygen atoms in total. The fourth-order valence-electron chi connectivity index (χ4n) is 2.74. The highest BCUT2D eigenvalue weighted by Crippen LogP contribution is 2.19. The monoisotopic (exact) mass is 328 g/mol. The van der Waals surface area contributed by atoms with Crippen LogP contribution in [0.1, 0.15) is 15.9 Å². The topological polar surface area (TPSA) is 59.8 Å². The summed E-state index contributed by atoms with van der Waals surface area (Å²) in [6.07, 6.45) is 5.23. The van der Waals surface area contributed by atoms with E-state index in [9.17, 15) is 4.79 Å². The van der Waals surface area contributed by atoms with Gasteiger partial charge in [-0.15, -0.1) is 0 Å². The fraction of sp³-hybridized carbons (Fsp3) is 0.0500. The van der Waals surface area contributed by atoms with Crippen LogP contribution in [0.2, 0.25) is 0 Å². The molecule has 0 aliphatic carbocycles. The first-order valence-corrected chi connectivity index (χ1v) is 8.01. The molecular formula is C20H16N4O. The molecule has 25 heavy (non-hydrogen) atoms. The minimum absolute atomic E-state index is 0.125. The van der Waals surface area contributed by atoms with Gasteiger partial charge in [0.25, 0.3) is 5.91 Å². The molecule has 2 aromatic carbocycles. The molecule has 0 saturated heterocycles. The van der Waals surface area contributed by atoms with Crippen molar-refractivity contribution in [3.63, 3.8) is 0 Å². The molecule has 0 atom stereocenters. The third-order valence-electron chi connectivity index (χ3n) is 4.02. The third-order valence-corrected chi connectivity index (χ3v) is 4.02. The zero-order chi connectivity index (χ0) is 17.1. The average Bonchev–Trinajstić information content (AvgIpc) is 3.11. The van der Waals surface area contributed by atoms with E-state index in [0.29, 0.717) is 12.1 Å². The minimum Gasteiger partial charge on any atom is -0.348 e. The molecule has 1 N–H and O–H groups in total. The molecule has 4 aromatic rings. The van der Waals surface area contributed by atoms with Gasteiger partial charge in [-0.2, -0.15) is 0 Å². The summed E-state index contributed by atoms with van der Waals surface area (Å²) in [5, 5.41) is 2.90. The summed E-state index contributed by atoms with van der Waals surface area (Å²) < 4.78 is 2.01. The Morgan fingerprint density at radius 2 is 1.92 bits per heavy atom. The smallest absolute Gasteiger partial charge is 0.251 e. The van der Waals surface area contributed by atoms with Crippen LogP contribution in [0, 0.1) is 0 Å². The number of hydrogen-bond donors (Lipinski definition) is 1. The van der Waals surface area contributed by atoms with E-state index in [4.69, 9.17) is 0 Å². The third kappa shape index (κ3) is 3.12. The number of nitrogens with one attached hydrogen (secondary N) is 1. The van der Waals surface area contributed by atoms with Gasteiger partial charge < -0.3 is 5.32 Å². The first-order chi connectivity index (χ1) is 12.3. The molecule has 0 saturated carbocycles. The molecule has 1 amide bonds.